The van der Waals surface area contributed by atoms with Crippen LogP contribution in [0.3, 0.4) is 0 Å². The zero-order chi connectivity index (χ0) is 18.5. The molecule has 0 aromatic heterocycles. The lowest BCUT2D eigenvalue weighted by Gasteiger charge is -2.35. The Kier molecular flexibility index (Phi) is 7.07. The van der Waals surface area contributed by atoms with Crippen LogP contribution < -0.4 is 5.73 Å². The van der Waals surface area contributed by atoms with Crippen LogP contribution in [0.2, 0.25) is 0 Å². The fourth-order valence-corrected chi connectivity index (χ4v) is 3.15. The van der Waals surface area contributed by atoms with Crippen molar-refractivity contribution >= 4 is 29.9 Å². The Morgan fingerprint density at radius 2 is 1.52 bits per heavy atom. The van der Waals surface area contributed by atoms with Gasteiger partial charge in [-0.25, -0.2) is 0 Å². The van der Waals surface area contributed by atoms with Crippen molar-refractivity contribution in [3.63, 3.8) is 0 Å². The summed E-state index contributed by atoms with van der Waals surface area (Å²) in [6.07, 6.45) is 1.02. The summed E-state index contributed by atoms with van der Waals surface area (Å²) in [5.41, 5.74) is 7.90. The van der Waals surface area contributed by atoms with Crippen LogP contribution in [0.5, 0.6) is 5.75 Å². The Labute approximate surface area is 165 Å². The monoisotopic (exact) mass is 389 g/mol. The van der Waals surface area contributed by atoms with E-state index >= 15 is 0 Å². The number of nitrogens with zero attached hydrogens (tertiary/aromatic N) is 2. The second-order valence-electron chi connectivity index (χ2n) is 6.39. The van der Waals surface area contributed by atoms with Gasteiger partial charge in [-0.1, -0.05) is 30.3 Å². The number of amides is 2. The molecule has 1 fully saturated rings. The number of benzene rings is 2. The van der Waals surface area contributed by atoms with Crippen molar-refractivity contribution < 1.29 is 14.7 Å². The summed E-state index contributed by atoms with van der Waals surface area (Å²) in [6.45, 7) is 1.93. The van der Waals surface area contributed by atoms with Crippen LogP contribution in [0, 0.1) is 0 Å². The quantitative estimate of drug-likeness (QED) is 0.785. The SMILES string of the molecule is Cl.Nc1ccccc1CCC(=O)N1CCN(C(=O)c2ccccc2O)CC1. The van der Waals surface area contributed by atoms with E-state index in [4.69, 9.17) is 5.73 Å². The van der Waals surface area contributed by atoms with Gasteiger partial charge in [-0.3, -0.25) is 9.59 Å². The molecule has 2 aromatic carbocycles. The molecule has 0 spiro atoms. The van der Waals surface area contributed by atoms with E-state index in [0.717, 1.165) is 5.56 Å². The van der Waals surface area contributed by atoms with Gasteiger partial charge in [0.05, 0.1) is 5.56 Å². The average molecular weight is 390 g/mol. The van der Waals surface area contributed by atoms with Crippen molar-refractivity contribution in [2.75, 3.05) is 31.9 Å². The Balaban J connectivity index is 0.00000261. The number of phenols is 1. The number of rotatable bonds is 4. The van der Waals surface area contributed by atoms with Gasteiger partial charge in [0.25, 0.3) is 5.91 Å². The topological polar surface area (TPSA) is 86.9 Å². The maximum Gasteiger partial charge on any atom is 0.257 e. The maximum absolute atomic E-state index is 12.5. The molecule has 0 aliphatic carbocycles. The average Bonchev–Trinajstić information content (AvgIpc) is 2.67. The lowest BCUT2D eigenvalue weighted by molar-refractivity contribution is -0.132. The fraction of sp³-hybridized carbons (Fsp3) is 0.300. The Bertz CT molecular complexity index is 805. The summed E-state index contributed by atoms with van der Waals surface area (Å²) in [6, 6.07) is 14.1. The van der Waals surface area contributed by atoms with Crippen LogP contribution in [0.1, 0.15) is 22.3 Å². The third kappa shape index (κ3) is 4.92. The number of aryl methyl sites for hydroxylation is 1. The largest absolute Gasteiger partial charge is 0.507 e. The van der Waals surface area contributed by atoms with E-state index in [1.165, 1.54) is 6.07 Å². The molecule has 3 rings (SSSR count). The molecule has 0 saturated carbocycles. The highest BCUT2D eigenvalue weighted by atomic mass is 35.5. The van der Waals surface area contributed by atoms with E-state index in [9.17, 15) is 14.7 Å². The van der Waals surface area contributed by atoms with Crippen molar-refractivity contribution in [1.29, 1.82) is 0 Å². The van der Waals surface area contributed by atoms with Crippen LogP contribution in [0.4, 0.5) is 5.69 Å². The summed E-state index contributed by atoms with van der Waals surface area (Å²) in [5.74, 6) is -0.147. The number of nitrogen functional groups attached to an aromatic ring is 1. The summed E-state index contributed by atoms with van der Waals surface area (Å²) in [4.78, 5) is 28.4. The molecule has 7 heteroatoms. The Morgan fingerprint density at radius 1 is 0.926 bits per heavy atom. The van der Waals surface area contributed by atoms with Crippen LogP contribution in [0.25, 0.3) is 0 Å². The van der Waals surface area contributed by atoms with E-state index in [2.05, 4.69) is 0 Å². The summed E-state index contributed by atoms with van der Waals surface area (Å²) in [7, 11) is 0. The minimum atomic E-state index is -0.202. The van der Waals surface area contributed by atoms with Crippen LogP contribution in [-0.2, 0) is 11.2 Å². The first kappa shape index (κ1) is 20.6. The van der Waals surface area contributed by atoms with E-state index in [0.29, 0.717) is 50.3 Å². The van der Waals surface area contributed by atoms with Gasteiger partial charge in [0, 0.05) is 38.3 Å². The third-order valence-electron chi connectivity index (χ3n) is 4.72. The predicted molar refractivity (Wildman–Crippen MR) is 107 cm³/mol. The van der Waals surface area contributed by atoms with Gasteiger partial charge in [0.1, 0.15) is 5.75 Å². The summed E-state index contributed by atoms with van der Waals surface area (Å²) in [5, 5.41) is 9.83. The van der Waals surface area contributed by atoms with E-state index in [1.54, 1.807) is 28.0 Å². The number of carbonyl (C=O) groups excluding carboxylic acids is 2. The zero-order valence-electron chi connectivity index (χ0n) is 15.0. The van der Waals surface area contributed by atoms with E-state index in [1.807, 2.05) is 24.3 Å². The normalized spacial score (nSPS) is 13.8. The molecule has 0 radical (unpaired) electrons. The molecule has 2 aromatic rings. The van der Waals surface area contributed by atoms with Gasteiger partial charge in [-0.15, -0.1) is 12.4 Å². The maximum atomic E-state index is 12.5. The molecule has 1 heterocycles. The number of halogens is 1. The second kappa shape index (κ2) is 9.28. The second-order valence-corrected chi connectivity index (χ2v) is 6.39. The Hall–Kier alpha value is -2.73. The molecular weight excluding hydrogens is 366 g/mol. The number of phenolic OH excluding ortho intramolecular Hbond substituents is 1. The molecule has 1 aliphatic heterocycles. The Morgan fingerprint density at radius 3 is 2.19 bits per heavy atom. The highest BCUT2D eigenvalue weighted by molar-refractivity contribution is 5.97. The molecule has 6 nitrogen and oxygen atoms in total. The predicted octanol–water partition coefficient (Wildman–Crippen LogP) is 2.31. The molecule has 1 saturated heterocycles. The number of nitrogens with two attached hydrogens (primary N) is 1. The van der Waals surface area contributed by atoms with Gasteiger partial charge in [0.15, 0.2) is 0 Å². The number of piperazine rings is 1. The minimum absolute atomic E-state index is 0. The van der Waals surface area contributed by atoms with Crippen LogP contribution in [-0.4, -0.2) is 52.9 Å². The third-order valence-corrected chi connectivity index (χ3v) is 4.72. The van der Waals surface area contributed by atoms with Crippen molar-refractivity contribution in [3.8, 4) is 5.75 Å². The number of aromatic hydroxyl groups is 1. The molecule has 0 bridgehead atoms. The van der Waals surface area contributed by atoms with Gasteiger partial charge >= 0.3 is 0 Å². The molecule has 3 N–H and O–H groups in total. The van der Waals surface area contributed by atoms with Crippen molar-refractivity contribution in [2.45, 2.75) is 12.8 Å². The molecule has 27 heavy (non-hydrogen) atoms. The highest BCUT2D eigenvalue weighted by Crippen LogP contribution is 2.19. The number of hydrogen-bond donors (Lipinski definition) is 2. The zero-order valence-corrected chi connectivity index (χ0v) is 15.8. The van der Waals surface area contributed by atoms with Crippen molar-refractivity contribution in [3.05, 3.63) is 59.7 Å². The van der Waals surface area contributed by atoms with Gasteiger partial charge in [-0.2, -0.15) is 0 Å². The highest BCUT2D eigenvalue weighted by Gasteiger charge is 2.25. The smallest absolute Gasteiger partial charge is 0.257 e. The van der Waals surface area contributed by atoms with Crippen LogP contribution in [0.15, 0.2) is 48.5 Å². The first-order valence-corrected chi connectivity index (χ1v) is 8.74. The first-order chi connectivity index (χ1) is 12.6. The fourth-order valence-electron chi connectivity index (χ4n) is 3.15. The number of carbonyl (C=O) groups is 2. The molecule has 144 valence electrons. The van der Waals surface area contributed by atoms with Crippen molar-refractivity contribution in [2.24, 2.45) is 0 Å². The van der Waals surface area contributed by atoms with Gasteiger partial charge in [0.2, 0.25) is 5.91 Å². The first-order valence-electron chi connectivity index (χ1n) is 8.74. The van der Waals surface area contributed by atoms with Gasteiger partial charge < -0.3 is 20.6 Å². The summed E-state index contributed by atoms with van der Waals surface area (Å²) < 4.78 is 0. The molecule has 2 amide bonds. The van der Waals surface area contributed by atoms with Crippen LogP contribution >= 0.6 is 12.4 Å². The molecule has 0 unspecified atom stereocenters. The summed E-state index contributed by atoms with van der Waals surface area (Å²) >= 11 is 0. The van der Waals surface area contributed by atoms with E-state index < -0.39 is 0 Å². The minimum Gasteiger partial charge on any atom is -0.507 e. The molecular formula is C20H24ClN3O3. The number of hydrogen-bond acceptors (Lipinski definition) is 4. The van der Waals surface area contributed by atoms with E-state index in [-0.39, 0.29) is 30.0 Å². The lowest BCUT2D eigenvalue weighted by Crippen LogP contribution is -2.50. The molecule has 0 atom stereocenters. The lowest BCUT2D eigenvalue weighted by atomic mass is 10.1. The number of anilines is 1. The van der Waals surface area contributed by atoms with Crippen molar-refractivity contribution in [1.82, 2.24) is 9.80 Å². The molecule has 1 aliphatic rings. The van der Waals surface area contributed by atoms with Gasteiger partial charge in [-0.05, 0) is 30.2 Å². The standard InChI is InChI=1S/C20H23N3O3.ClH/c21-17-7-3-1-5-15(17)9-10-19(25)22-11-13-23(14-12-22)20(26)16-6-2-4-8-18(16)24;/h1-8,24H,9-14,21H2;1H. The number of para-hydroxylation sites is 2.